The van der Waals surface area contributed by atoms with Gasteiger partial charge in [0, 0.05) is 5.02 Å². The molecule has 1 aromatic carbocycles. The molecule has 0 amide bonds. The zero-order valence-corrected chi connectivity index (χ0v) is 10.6. The topological polar surface area (TPSA) is 83.5 Å². The summed E-state index contributed by atoms with van der Waals surface area (Å²) in [5.74, 6) is -1.20. The van der Waals surface area contributed by atoms with Gasteiger partial charge in [-0.05, 0) is 30.7 Å². The number of benzene rings is 1. The van der Waals surface area contributed by atoms with Crippen LogP contribution in [-0.2, 0) is 14.8 Å². The van der Waals surface area contributed by atoms with Crippen molar-refractivity contribution in [2.75, 3.05) is 0 Å². The Labute approximate surface area is 104 Å². The maximum Gasteiger partial charge on any atom is 0.321 e. The van der Waals surface area contributed by atoms with Gasteiger partial charge < -0.3 is 5.11 Å². The van der Waals surface area contributed by atoms with Gasteiger partial charge in [0.1, 0.15) is 6.04 Å². The van der Waals surface area contributed by atoms with Gasteiger partial charge in [0.05, 0.1) is 4.90 Å². The van der Waals surface area contributed by atoms with E-state index >= 15 is 0 Å². The molecule has 1 rings (SSSR count). The standard InChI is InChI=1S/C10H12ClNO4S/c1-2-9(10(13)14)12-17(15,16)8-5-3-7(11)4-6-8/h3-6,9,12H,2H2,1H3,(H,13,14). The van der Waals surface area contributed by atoms with Crippen molar-refractivity contribution in [1.29, 1.82) is 0 Å². The van der Waals surface area contributed by atoms with E-state index in [-0.39, 0.29) is 11.3 Å². The highest BCUT2D eigenvalue weighted by molar-refractivity contribution is 7.89. The molecule has 0 radical (unpaired) electrons. The summed E-state index contributed by atoms with van der Waals surface area (Å²) in [5.41, 5.74) is 0. The Morgan fingerprint density at radius 3 is 2.35 bits per heavy atom. The molecule has 0 aliphatic rings. The molecule has 0 aliphatic carbocycles. The highest BCUT2D eigenvalue weighted by atomic mass is 35.5. The molecular weight excluding hydrogens is 266 g/mol. The van der Waals surface area contributed by atoms with Gasteiger partial charge in [0.15, 0.2) is 0 Å². The van der Waals surface area contributed by atoms with Gasteiger partial charge in [-0.15, -0.1) is 0 Å². The molecule has 1 aromatic rings. The predicted molar refractivity (Wildman–Crippen MR) is 63.5 cm³/mol. The predicted octanol–water partition coefficient (Wildman–Crippen LogP) is 1.48. The van der Waals surface area contributed by atoms with Crippen LogP contribution in [0.1, 0.15) is 13.3 Å². The second kappa shape index (κ2) is 5.48. The lowest BCUT2D eigenvalue weighted by Crippen LogP contribution is -2.40. The summed E-state index contributed by atoms with van der Waals surface area (Å²) in [6.07, 6.45) is 0.169. The average molecular weight is 278 g/mol. The molecule has 0 heterocycles. The lowest BCUT2D eigenvalue weighted by Gasteiger charge is -2.12. The number of aliphatic carboxylic acids is 1. The van der Waals surface area contributed by atoms with Gasteiger partial charge in [0.25, 0.3) is 0 Å². The Hall–Kier alpha value is -1.11. The fraction of sp³-hybridized carbons (Fsp3) is 0.300. The molecule has 1 unspecified atom stereocenters. The first-order valence-corrected chi connectivity index (χ1v) is 6.73. The van der Waals surface area contributed by atoms with E-state index in [1.807, 2.05) is 0 Å². The normalized spacial score (nSPS) is 13.3. The summed E-state index contributed by atoms with van der Waals surface area (Å²) in [5, 5.41) is 9.19. The van der Waals surface area contributed by atoms with Crippen LogP contribution in [0.2, 0.25) is 5.02 Å². The minimum atomic E-state index is -3.82. The van der Waals surface area contributed by atoms with E-state index < -0.39 is 22.0 Å². The molecule has 94 valence electrons. The van der Waals surface area contributed by atoms with Gasteiger partial charge in [0.2, 0.25) is 10.0 Å². The van der Waals surface area contributed by atoms with Gasteiger partial charge in [-0.1, -0.05) is 18.5 Å². The van der Waals surface area contributed by atoms with E-state index in [1.54, 1.807) is 6.92 Å². The number of carboxylic acid groups (broad SMARTS) is 1. The zero-order valence-electron chi connectivity index (χ0n) is 9.05. The molecule has 2 N–H and O–H groups in total. The molecule has 17 heavy (non-hydrogen) atoms. The number of carboxylic acids is 1. The second-order valence-electron chi connectivity index (χ2n) is 3.37. The number of halogens is 1. The van der Waals surface area contributed by atoms with Gasteiger partial charge in [-0.2, -0.15) is 4.72 Å². The van der Waals surface area contributed by atoms with E-state index in [2.05, 4.69) is 4.72 Å². The van der Waals surface area contributed by atoms with Crippen LogP contribution in [0.5, 0.6) is 0 Å². The van der Waals surface area contributed by atoms with E-state index in [9.17, 15) is 13.2 Å². The van der Waals surface area contributed by atoms with Crippen LogP contribution in [-0.4, -0.2) is 25.5 Å². The Morgan fingerprint density at radius 2 is 1.94 bits per heavy atom. The third-order valence-electron chi connectivity index (χ3n) is 2.13. The SMILES string of the molecule is CCC(NS(=O)(=O)c1ccc(Cl)cc1)C(=O)O. The van der Waals surface area contributed by atoms with E-state index in [1.165, 1.54) is 24.3 Å². The maximum atomic E-state index is 11.8. The van der Waals surface area contributed by atoms with Crippen molar-refractivity contribution in [2.24, 2.45) is 0 Å². The Bertz CT molecular complexity index is 498. The quantitative estimate of drug-likeness (QED) is 0.854. The molecule has 1 atom stereocenters. The molecule has 0 fully saturated rings. The van der Waals surface area contributed by atoms with E-state index in [0.29, 0.717) is 5.02 Å². The van der Waals surface area contributed by atoms with Crippen LogP contribution in [0.3, 0.4) is 0 Å². The summed E-state index contributed by atoms with van der Waals surface area (Å²) < 4.78 is 25.7. The van der Waals surface area contributed by atoms with Gasteiger partial charge >= 0.3 is 5.97 Å². The molecule has 7 heteroatoms. The number of nitrogens with one attached hydrogen (secondary N) is 1. The fourth-order valence-corrected chi connectivity index (χ4v) is 2.58. The zero-order chi connectivity index (χ0) is 13.1. The molecule has 0 aromatic heterocycles. The lowest BCUT2D eigenvalue weighted by molar-refractivity contribution is -0.139. The highest BCUT2D eigenvalue weighted by Crippen LogP contribution is 2.14. The van der Waals surface area contributed by atoms with Gasteiger partial charge in [-0.3, -0.25) is 4.79 Å². The smallest absolute Gasteiger partial charge is 0.321 e. The summed E-state index contributed by atoms with van der Waals surface area (Å²) in [6.45, 7) is 1.59. The van der Waals surface area contributed by atoms with Crippen LogP contribution in [0, 0.1) is 0 Å². The number of hydrogen-bond acceptors (Lipinski definition) is 3. The van der Waals surface area contributed by atoms with Crippen LogP contribution in [0.25, 0.3) is 0 Å². The summed E-state index contributed by atoms with van der Waals surface area (Å²) >= 11 is 5.64. The van der Waals surface area contributed by atoms with Crippen molar-refractivity contribution in [3.63, 3.8) is 0 Å². The summed E-state index contributed by atoms with van der Waals surface area (Å²) in [4.78, 5) is 10.7. The average Bonchev–Trinajstić information content (AvgIpc) is 2.26. The van der Waals surface area contributed by atoms with Crippen molar-refractivity contribution >= 4 is 27.6 Å². The molecule has 0 saturated heterocycles. The third kappa shape index (κ3) is 3.69. The first kappa shape index (κ1) is 14.0. The first-order chi connectivity index (χ1) is 7.86. The molecule has 0 spiro atoms. The minimum absolute atomic E-state index is 0.0124. The van der Waals surface area contributed by atoms with Crippen LogP contribution >= 0.6 is 11.6 Å². The van der Waals surface area contributed by atoms with Crippen LogP contribution < -0.4 is 4.72 Å². The Kier molecular flexibility index (Phi) is 4.50. The monoisotopic (exact) mass is 277 g/mol. The van der Waals surface area contributed by atoms with Crippen molar-refractivity contribution < 1.29 is 18.3 Å². The molecular formula is C10H12ClNO4S. The van der Waals surface area contributed by atoms with Crippen LogP contribution in [0.4, 0.5) is 0 Å². The molecule has 0 saturated carbocycles. The van der Waals surface area contributed by atoms with Crippen molar-refractivity contribution in [3.05, 3.63) is 29.3 Å². The number of sulfonamides is 1. The van der Waals surface area contributed by atoms with E-state index in [0.717, 1.165) is 0 Å². The van der Waals surface area contributed by atoms with Crippen molar-refractivity contribution in [1.82, 2.24) is 4.72 Å². The first-order valence-electron chi connectivity index (χ1n) is 4.87. The number of hydrogen-bond donors (Lipinski definition) is 2. The third-order valence-corrected chi connectivity index (χ3v) is 3.87. The minimum Gasteiger partial charge on any atom is -0.480 e. The summed E-state index contributed by atoms with van der Waals surface area (Å²) in [7, 11) is -3.82. The number of carbonyl (C=O) groups is 1. The van der Waals surface area contributed by atoms with E-state index in [4.69, 9.17) is 16.7 Å². The maximum absolute atomic E-state index is 11.8. The molecule has 0 bridgehead atoms. The second-order valence-corrected chi connectivity index (χ2v) is 5.52. The van der Waals surface area contributed by atoms with Gasteiger partial charge in [-0.25, -0.2) is 8.42 Å². The van der Waals surface area contributed by atoms with Crippen molar-refractivity contribution in [2.45, 2.75) is 24.3 Å². The molecule has 5 nitrogen and oxygen atoms in total. The Morgan fingerprint density at radius 1 is 1.41 bits per heavy atom. The largest absolute Gasteiger partial charge is 0.480 e. The Balaban J connectivity index is 2.96. The van der Waals surface area contributed by atoms with Crippen LogP contribution in [0.15, 0.2) is 29.2 Å². The highest BCUT2D eigenvalue weighted by Gasteiger charge is 2.23. The lowest BCUT2D eigenvalue weighted by atomic mass is 10.2. The van der Waals surface area contributed by atoms with Crippen molar-refractivity contribution in [3.8, 4) is 0 Å². The molecule has 0 aliphatic heterocycles. The number of rotatable bonds is 5. The summed E-state index contributed by atoms with van der Waals surface area (Å²) in [6, 6.07) is 4.37. The fourth-order valence-electron chi connectivity index (χ4n) is 1.18.